The maximum absolute atomic E-state index is 11.9. The lowest BCUT2D eigenvalue weighted by Crippen LogP contribution is -2.12. The van der Waals surface area contributed by atoms with E-state index in [2.05, 4.69) is 10.3 Å². The number of ether oxygens (including phenoxy) is 1. The van der Waals surface area contributed by atoms with Gasteiger partial charge in [-0.25, -0.2) is 4.98 Å². The number of phenolic OH excluding ortho intramolecular Hbond substituents is 1. The Morgan fingerprint density at radius 3 is 2.79 bits per heavy atom. The summed E-state index contributed by atoms with van der Waals surface area (Å²) in [5, 5.41) is 12.5. The zero-order valence-corrected chi connectivity index (χ0v) is 10.8. The number of rotatable bonds is 3. The number of pyridine rings is 1. The molecule has 0 spiro atoms. The predicted molar refractivity (Wildman–Crippen MR) is 71.9 cm³/mol. The maximum Gasteiger partial charge on any atom is 0.256 e. The molecule has 0 aliphatic heterocycles. The van der Waals surface area contributed by atoms with Crippen LogP contribution in [-0.4, -0.2) is 23.1 Å². The number of aromatic nitrogens is 1. The van der Waals surface area contributed by atoms with E-state index in [1.165, 1.54) is 19.2 Å². The number of carbonyl (C=O) groups excluding carboxylic acids is 1. The van der Waals surface area contributed by atoms with Crippen LogP contribution < -0.4 is 10.1 Å². The highest BCUT2D eigenvalue weighted by molar-refractivity contribution is 6.29. The highest BCUT2D eigenvalue weighted by atomic mass is 35.5. The lowest BCUT2D eigenvalue weighted by atomic mass is 10.2. The van der Waals surface area contributed by atoms with E-state index < -0.39 is 5.91 Å². The van der Waals surface area contributed by atoms with Gasteiger partial charge in [-0.15, -0.1) is 0 Å². The molecule has 0 unspecified atom stereocenters. The number of methoxy groups -OCH3 is 1. The van der Waals surface area contributed by atoms with E-state index >= 15 is 0 Å². The Morgan fingerprint density at radius 2 is 2.16 bits per heavy atom. The third-order valence-corrected chi connectivity index (χ3v) is 2.61. The van der Waals surface area contributed by atoms with Crippen molar-refractivity contribution in [3.63, 3.8) is 0 Å². The summed E-state index contributed by atoms with van der Waals surface area (Å²) < 4.78 is 4.90. The Bertz CT molecular complexity index is 617. The molecule has 1 amide bonds. The standard InChI is InChI=1S/C13H11ClN2O3/c1-19-10-6-5-8(7-9(10)17)13(18)16-12-4-2-3-11(14)15-12/h2-7,17H,1H3,(H,15,16,18). The number of amides is 1. The number of aromatic hydroxyl groups is 1. The molecule has 98 valence electrons. The monoisotopic (exact) mass is 278 g/mol. The summed E-state index contributed by atoms with van der Waals surface area (Å²) in [4.78, 5) is 15.9. The number of benzene rings is 1. The van der Waals surface area contributed by atoms with Crippen LogP contribution in [0.5, 0.6) is 11.5 Å². The molecule has 0 saturated heterocycles. The Hall–Kier alpha value is -2.27. The van der Waals surface area contributed by atoms with Gasteiger partial charge in [0.15, 0.2) is 11.5 Å². The quantitative estimate of drug-likeness (QED) is 0.847. The molecule has 2 rings (SSSR count). The first-order valence-corrected chi connectivity index (χ1v) is 5.79. The third kappa shape index (κ3) is 3.14. The fraction of sp³-hybridized carbons (Fsp3) is 0.0769. The Morgan fingerprint density at radius 1 is 1.37 bits per heavy atom. The molecule has 5 nitrogen and oxygen atoms in total. The summed E-state index contributed by atoms with van der Waals surface area (Å²) >= 11 is 5.72. The van der Waals surface area contributed by atoms with Crippen LogP contribution in [0.4, 0.5) is 5.82 Å². The molecule has 0 fully saturated rings. The van der Waals surface area contributed by atoms with E-state index in [9.17, 15) is 9.90 Å². The lowest BCUT2D eigenvalue weighted by molar-refractivity contribution is 0.102. The minimum Gasteiger partial charge on any atom is -0.504 e. The normalized spacial score (nSPS) is 10.0. The van der Waals surface area contributed by atoms with Gasteiger partial charge in [-0.05, 0) is 30.3 Å². The molecule has 1 aromatic carbocycles. The van der Waals surface area contributed by atoms with Gasteiger partial charge in [0.05, 0.1) is 7.11 Å². The van der Waals surface area contributed by atoms with Gasteiger partial charge < -0.3 is 15.2 Å². The molecule has 2 aromatic rings. The molecule has 0 aliphatic carbocycles. The van der Waals surface area contributed by atoms with Crippen LogP contribution in [0.3, 0.4) is 0 Å². The van der Waals surface area contributed by atoms with Crippen molar-refractivity contribution in [1.29, 1.82) is 0 Å². The van der Waals surface area contributed by atoms with E-state index in [4.69, 9.17) is 16.3 Å². The van der Waals surface area contributed by atoms with Crippen molar-refractivity contribution >= 4 is 23.3 Å². The number of nitrogens with zero attached hydrogens (tertiary/aromatic N) is 1. The van der Waals surface area contributed by atoms with Gasteiger partial charge in [-0.2, -0.15) is 0 Å². The predicted octanol–water partition coefficient (Wildman–Crippen LogP) is 2.70. The lowest BCUT2D eigenvalue weighted by Gasteiger charge is -2.07. The van der Waals surface area contributed by atoms with Gasteiger partial charge in [0.2, 0.25) is 0 Å². The summed E-state index contributed by atoms with van der Waals surface area (Å²) in [6.45, 7) is 0. The number of phenols is 1. The van der Waals surface area contributed by atoms with Crippen molar-refractivity contribution in [2.24, 2.45) is 0 Å². The smallest absolute Gasteiger partial charge is 0.256 e. The molecular weight excluding hydrogens is 268 g/mol. The molecule has 0 aliphatic rings. The van der Waals surface area contributed by atoms with Crippen LogP contribution in [0.2, 0.25) is 5.15 Å². The summed E-state index contributed by atoms with van der Waals surface area (Å²) in [5.74, 6) is 0.146. The number of nitrogens with one attached hydrogen (secondary N) is 1. The second-order valence-corrected chi connectivity index (χ2v) is 4.07. The Balaban J connectivity index is 2.18. The van der Waals surface area contributed by atoms with Crippen LogP contribution in [0.1, 0.15) is 10.4 Å². The first-order chi connectivity index (χ1) is 9.10. The molecule has 6 heteroatoms. The van der Waals surface area contributed by atoms with Gasteiger partial charge in [-0.3, -0.25) is 4.79 Å². The molecule has 0 saturated carbocycles. The Kier molecular flexibility index (Phi) is 3.87. The first kappa shape index (κ1) is 13.2. The van der Waals surface area contributed by atoms with Crippen molar-refractivity contribution in [1.82, 2.24) is 4.98 Å². The van der Waals surface area contributed by atoms with Crippen molar-refractivity contribution in [2.75, 3.05) is 12.4 Å². The minimum atomic E-state index is -0.396. The van der Waals surface area contributed by atoms with Crippen LogP contribution in [0.25, 0.3) is 0 Å². The zero-order chi connectivity index (χ0) is 13.8. The van der Waals surface area contributed by atoms with Gasteiger partial charge in [0.25, 0.3) is 5.91 Å². The van der Waals surface area contributed by atoms with E-state index in [1.54, 1.807) is 24.3 Å². The van der Waals surface area contributed by atoms with Crippen LogP contribution in [-0.2, 0) is 0 Å². The summed E-state index contributed by atoms with van der Waals surface area (Å²) in [6, 6.07) is 9.27. The van der Waals surface area contributed by atoms with Crippen molar-refractivity contribution in [3.8, 4) is 11.5 Å². The molecule has 0 atom stereocenters. The zero-order valence-electron chi connectivity index (χ0n) is 10.1. The highest BCUT2D eigenvalue weighted by Gasteiger charge is 2.10. The fourth-order valence-corrected chi connectivity index (χ4v) is 1.66. The second kappa shape index (κ2) is 5.58. The van der Waals surface area contributed by atoms with Crippen molar-refractivity contribution in [3.05, 3.63) is 47.1 Å². The van der Waals surface area contributed by atoms with Crippen LogP contribution >= 0.6 is 11.6 Å². The second-order valence-electron chi connectivity index (χ2n) is 3.69. The van der Waals surface area contributed by atoms with Crippen LogP contribution in [0, 0.1) is 0 Å². The van der Waals surface area contributed by atoms with Gasteiger partial charge >= 0.3 is 0 Å². The highest BCUT2D eigenvalue weighted by Crippen LogP contribution is 2.26. The maximum atomic E-state index is 11.9. The summed E-state index contributed by atoms with van der Waals surface area (Å²) in [7, 11) is 1.44. The van der Waals surface area contributed by atoms with Gasteiger partial charge in [-0.1, -0.05) is 17.7 Å². The van der Waals surface area contributed by atoms with Crippen LogP contribution in [0.15, 0.2) is 36.4 Å². The molecule has 19 heavy (non-hydrogen) atoms. The topological polar surface area (TPSA) is 71.5 Å². The SMILES string of the molecule is COc1ccc(C(=O)Nc2cccc(Cl)n2)cc1O. The number of anilines is 1. The van der Waals surface area contributed by atoms with Gasteiger partial charge in [0, 0.05) is 5.56 Å². The molecule has 1 heterocycles. The average Bonchev–Trinajstić information content (AvgIpc) is 2.38. The Labute approximate surface area is 114 Å². The summed E-state index contributed by atoms with van der Waals surface area (Å²) in [6.07, 6.45) is 0. The fourth-order valence-electron chi connectivity index (χ4n) is 1.50. The average molecular weight is 279 g/mol. The van der Waals surface area contributed by atoms with E-state index in [-0.39, 0.29) is 10.9 Å². The van der Waals surface area contributed by atoms with Gasteiger partial charge in [0.1, 0.15) is 11.0 Å². The third-order valence-electron chi connectivity index (χ3n) is 2.40. The van der Waals surface area contributed by atoms with E-state index in [1.807, 2.05) is 0 Å². The number of hydrogen-bond acceptors (Lipinski definition) is 4. The molecule has 0 radical (unpaired) electrons. The number of carbonyl (C=O) groups is 1. The first-order valence-electron chi connectivity index (χ1n) is 5.41. The van der Waals surface area contributed by atoms with E-state index in [0.29, 0.717) is 17.1 Å². The largest absolute Gasteiger partial charge is 0.504 e. The molecule has 2 N–H and O–H groups in total. The van der Waals surface area contributed by atoms with Crippen molar-refractivity contribution < 1.29 is 14.6 Å². The molecule has 1 aromatic heterocycles. The number of halogens is 1. The molecule has 0 bridgehead atoms. The van der Waals surface area contributed by atoms with E-state index in [0.717, 1.165) is 0 Å². The number of hydrogen-bond donors (Lipinski definition) is 2. The van der Waals surface area contributed by atoms with Crippen molar-refractivity contribution in [2.45, 2.75) is 0 Å². The molecular formula is C13H11ClN2O3. The summed E-state index contributed by atoms with van der Waals surface area (Å²) in [5.41, 5.74) is 0.292. The minimum absolute atomic E-state index is 0.103.